The number of aryl methyl sites for hydroxylation is 1. The van der Waals surface area contributed by atoms with E-state index >= 15 is 0 Å². The van der Waals surface area contributed by atoms with Crippen LogP contribution in [0.4, 0.5) is 0 Å². The number of ether oxygens (including phenoxy) is 1. The number of aromatic nitrogens is 1. The van der Waals surface area contributed by atoms with Gasteiger partial charge in [0.05, 0.1) is 17.0 Å². The maximum absolute atomic E-state index is 13.1. The van der Waals surface area contributed by atoms with Crippen molar-refractivity contribution < 1.29 is 17.9 Å². The molecule has 0 aliphatic heterocycles. The Labute approximate surface area is 152 Å². The molecule has 0 spiro atoms. The molecule has 0 aliphatic carbocycles. The van der Waals surface area contributed by atoms with E-state index in [9.17, 15) is 13.2 Å². The highest BCUT2D eigenvalue weighted by Crippen LogP contribution is 2.27. The molecule has 26 heavy (non-hydrogen) atoms. The van der Waals surface area contributed by atoms with E-state index in [4.69, 9.17) is 4.74 Å². The van der Waals surface area contributed by atoms with Crippen LogP contribution in [-0.2, 0) is 19.6 Å². The smallest absolute Gasteiger partial charge is 0.330 e. The third-order valence-corrected chi connectivity index (χ3v) is 5.66. The molecule has 0 bridgehead atoms. The van der Waals surface area contributed by atoms with Gasteiger partial charge in [-0.1, -0.05) is 35.9 Å². The highest BCUT2D eigenvalue weighted by atomic mass is 32.2. The quantitative estimate of drug-likeness (QED) is 0.507. The molecule has 0 saturated carbocycles. The van der Waals surface area contributed by atoms with Gasteiger partial charge in [-0.2, -0.15) is 0 Å². The number of carbonyl (C=O) groups excluding carboxylic acids is 1. The first kappa shape index (κ1) is 17.9. The lowest BCUT2D eigenvalue weighted by Crippen LogP contribution is -2.11. The highest BCUT2D eigenvalue weighted by molar-refractivity contribution is 7.90. The van der Waals surface area contributed by atoms with Gasteiger partial charge >= 0.3 is 5.97 Å². The number of carbonyl (C=O) groups is 1. The number of hydrogen-bond donors (Lipinski definition) is 0. The first-order chi connectivity index (χ1) is 12.4. The fourth-order valence-corrected chi connectivity index (χ4v) is 4.06. The number of rotatable bonds is 5. The van der Waals surface area contributed by atoms with Crippen molar-refractivity contribution in [1.82, 2.24) is 3.97 Å². The molecule has 5 nitrogen and oxygen atoms in total. The monoisotopic (exact) mass is 369 g/mol. The van der Waals surface area contributed by atoms with Gasteiger partial charge in [0, 0.05) is 23.2 Å². The lowest BCUT2D eigenvalue weighted by atomic mass is 10.1. The van der Waals surface area contributed by atoms with Gasteiger partial charge in [-0.3, -0.25) is 0 Å². The molecule has 0 fully saturated rings. The number of para-hydroxylation sites is 1. The second kappa shape index (κ2) is 7.17. The van der Waals surface area contributed by atoms with Crippen molar-refractivity contribution >= 4 is 33.0 Å². The summed E-state index contributed by atoms with van der Waals surface area (Å²) in [5.41, 5.74) is 2.17. The standard InChI is InChI=1S/C20H19NO4S/c1-3-25-20(22)13-10-16-14-21(19-7-5-4-6-18(16)19)26(23,24)17-11-8-15(2)9-12-17/h4-14H,3H2,1-2H3/b13-10+. The average Bonchev–Trinajstić information content (AvgIpc) is 3.00. The minimum atomic E-state index is -3.74. The summed E-state index contributed by atoms with van der Waals surface area (Å²) in [4.78, 5) is 11.8. The first-order valence-electron chi connectivity index (χ1n) is 8.20. The molecule has 3 rings (SSSR count). The summed E-state index contributed by atoms with van der Waals surface area (Å²) in [6, 6.07) is 13.9. The van der Waals surface area contributed by atoms with Crippen LogP contribution in [0.2, 0.25) is 0 Å². The first-order valence-corrected chi connectivity index (χ1v) is 9.64. The summed E-state index contributed by atoms with van der Waals surface area (Å²) in [5, 5.41) is 0.740. The summed E-state index contributed by atoms with van der Waals surface area (Å²) in [5.74, 6) is -0.467. The fraction of sp³-hybridized carbons (Fsp3) is 0.150. The second-order valence-corrected chi connectivity index (χ2v) is 7.62. The van der Waals surface area contributed by atoms with E-state index in [1.54, 1.807) is 49.4 Å². The van der Waals surface area contributed by atoms with Crippen LogP contribution in [0.1, 0.15) is 18.1 Å². The molecule has 134 valence electrons. The van der Waals surface area contributed by atoms with Gasteiger partial charge in [-0.15, -0.1) is 0 Å². The minimum absolute atomic E-state index is 0.213. The van der Waals surface area contributed by atoms with Crippen molar-refractivity contribution in [1.29, 1.82) is 0 Å². The van der Waals surface area contributed by atoms with E-state index in [2.05, 4.69) is 0 Å². The van der Waals surface area contributed by atoms with Crippen molar-refractivity contribution in [2.24, 2.45) is 0 Å². The van der Waals surface area contributed by atoms with Crippen LogP contribution >= 0.6 is 0 Å². The number of hydrogen-bond acceptors (Lipinski definition) is 4. The predicted molar refractivity (Wildman–Crippen MR) is 101 cm³/mol. The minimum Gasteiger partial charge on any atom is -0.463 e. The Bertz CT molecular complexity index is 1080. The number of benzene rings is 2. The third-order valence-electron chi connectivity index (χ3n) is 3.97. The molecule has 0 unspecified atom stereocenters. The van der Waals surface area contributed by atoms with Crippen LogP contribution in [0.25, 0.3) is 17.0 Å². The molecule has 0 atom stereocenters. The zero-order chi connectivity index (χ0) is 18.7. The SMILES string of the molecule is CCOC(=O)/C=C/c1cn(S(=O)(=O)c2ccc(C)cc2)c2ccccc12. The maximum atomic E-state index is 13.1. The van der Waals surface area contributed by atoms with Gasteiger partial charge < -0.3 is 4.74 Å². The Morgan fingerprint density at radius 3 is 2.50 bits per heavy atom. The van der Waals surface area contributed by atoms with Gasteiger partial charge in [0.25, 0.3) is 10.0 Å². The van der Waals surface area contributed by atoms with E-state index in [0.29, 0.717) is 11.1 Å². The van der Waals surface area contributed by atoms with Crippen LogP contribution in [0, 0.1) is 6.92 Å². The molecule has 0 saturated heterocycles. The van der Waals surface area contributed by atoms with Crippen LogP contribution in [0.5, 0.6) is 0 Å². The Morgan fingerprint density at radius 1 is 1.12 bits per heavy atom. The molecular formula is C20H19NO4S. The van der Waals surface area contributed by atoms with Crippen molar-refractivity contribution in [2.75, 3.05) is 6.61 Å². The van der Waals surface area contributed by atoms with Crippen LogP contribution < -0.4 is 0 Å². The largest absolute Gasteiger partial charge is 0.463 e. The third kappa shape index (κ3) is 3.41. The summed E-state index contributed by atoms with van der Waals surface area (Å²) < 4.78 is 32.2. The zero-order valence-electron chi connectivity index (χ0n) is 14.5. The van der Waals surface area contributed by atoms with Gasteiger partial charge in [0.2, 0.25) is 0 Å². The molecular weight excluding hydrogens is 350 g/mol. The van der Waals surface area contributed by atoms with Crippen molar-refractivity contribution in [3.63, 3.8) is 0 Å². The zero-order valence-corrected chi connectivity index (χ0v) is 15.4. The highest BCUT2D eigenvalue weighted by Gasteiger charge is 2.20. The Morgan fingerprint density at radius 2 is 1.81 bits per heavy atom. The Kier molecular flexibility index (Phi) is 4.95. The average molecular weight is 369 g/mol. The molecule has 1 aromatic heterocycles. The molecule has 0 radical (unpaired) electrons. The van der Waals surface area contributed by atoms with E-state index in [1.165, 1.54) is 16.2 Å². The van der Waals surface area contributed by atoms with Gasteiger partial charge in [0.15, 0.2) is 0 Å². The van der Waals surface area contributed by atoms with Crippen LogP contribution in [0.15, 0.2) is 65.7 Å². The molecule has 2 aromatic carbocycles. The van der Waals surface area contributed by atoms with Crippen molar-refractivity contribution in [3.8, 4) is 0 Å². The second-order valence-electron chi connectivity index (χ2n) is 5.80. The molecule has 0 aliphatic rings. The van der Waals surface area contributed by atoms with Gasteiger partial charge in [-0.05, 0) is 38.1 Å². The topological polar surface area (TPSA) is 65.4 Å². The summed E-state index contributed by atoms with van der Waals surface area (Å²) >= 11 is 0. The van der Waals surface area contributed by atoms with Gasteiger partial charge in [-0.25, -0.2) is 17.2 Å². The summed E-state index contributed by atoms with van der Waals surface area (Å²) in [7, 11) is -3.74. The van der Waals surface area contributed by atoms with E-state index in [1.807, 2.05) is 19.1 Å². The Balaban J connectivity index is 2.12. The van der Waals surface area contributed by atoms with E-state index in [0.717, 1.165) is 10.9 Å². The molecule has 3 aromatic rings. The number of fused-ring (bicyclic) bond motifs is 1. The lowest BCUT2D eigenvalue weighted by Gasteiger charge is -2.07. The van der Waals surface area contributed by atoms with Crippen molar-refractivity contribution in [3.05, 3.63) is 71.9 Å². The maximum Gasteiger partial charge on any atom is 0.330 e. The predicted octanol–water partition coefficient (Wildman–Crippen LogP) is 3.76. The molecule has 1 heterocycles. The van der Waals surface area contributed by atoms with E-state index < -0.39 is 16.0 Å². The molecule has 6 heteroatoms. The lowest BCUT2D eigenvalue weighted by molar-refractivity contribution is -0.137. The molecule has 0 amide bonds. The number of esters is 1. The van der Waals surface area contributed by atoms with Crippen LogP contribution in [0.3, 0.4) is 0 Å². The number of nitrogens with zero attached hydrogens (tertiary/aromatic N) is 1. The fourth-order valence-electron chi connectivity index (χ4n) is 2.68. The van der Waals surface area contributed by atoms with E-state index in [-0.39, 0.29) is 11.5 Å². The normalized spacial score (nSPS) is 11.9. The summed E-state index contributed by atoms with van der Waals surface area (Å²) in [6.45, 7) is 3.91. The van der Waals surface area contributed by atoms with Crippen LogP contribution in [-0.4, -0.2) is 25.0 Å². The van der Waals surface area contributed by atoms with Crippen molar-refractivity contribution in [2.45, 2.75) is 18.7 Å². The Hall–Kier alpha value is -2.86. The molecule has 0 N–H and O–H groups in total. The summed E-state index contributed by atoms with van der Waals surface area (Å²) in [6.07, 6.45) is 4.39. The van der Waals surface area contributed by atoms with Gasteiger partial charge in [0.1, 0.15) is 0 Å².